The molecule has 1 unspecified atom stereocenters. The van der Waals surface area contributed by atoms with Crippen LogP contribution in [0.5, 0.6) is 0 Å². The third kappa shape index (κ3) is 3.28. The molecule has 2 heterocycles. The van der Waals surface area contributed by atoms with Crippen LogP contribution in [0.3, 0.4) is 0 Å². The zero-order valence-electron chi connectivity index (χ0n) is 13.8. The molecule has 134 valence electrons. The Bertz CT molecular complexity index is 720. The quantitative estimate of drug-likeness (QED) is 0.830. The number of carbonyl (C=O) groups excluding carboxylic acids is 2. The number of nitrogens with zero attached hydrogens (tertiary/aromatic N) is 2. The third-order valence-corrected chi connectivity index (χ3v) is 4.73. The Hall–Kier alpha value is -2.28. The Morgan fingerprint density at radius 2 is 2.08 bits per heavy atom. The lowest BCUT2D eigenvalue weighted by Crippen LogP contribution is -2.53. The molecule has 1 N–H and O–H groups in total. The van der Waals surface area contributed by atoms with Gasteiger partial charge < -0.3 is 14.9 Å². The van der Waals surface area contributed by atoms with Gasteiger partial charge in [-0.2, -0.15) is 0 Å². The number of fused-ring (bicyclic) bond motifs is 1. The lowest BCUT2D eigenvalue weighted by Gasteiger charge is -2.36. The number of halogens is 2. The number of aliphatic hydroxyl groups excluding tert-OH is 1. The van der Waals surface area contributed by atoms with Crippen LogP contribution in [-0.4, -0.2) is 53.5 Å². The molecule has 7 heteroatoms. The predicted octanol–water partition coefficient (Wildman–Crippen LogP) is 1.99. The van der Waals surface area contributed by atoms with Crippen molar-refractivity contribution in [3.63, 3.8) is 0 Å². The number of likely N-dealkylation sites (tertiary alicyclic amines) is 1. The molecule has 2 aliphatic heterocycles. The van der Waals surface area contributed by atoms with Gasteiger partial charge in [0.15, 0.2) is 0 Å². The highest BCUT2D eigenvalue weighted by molar-refractivity contribution is 6.02. The van der Waals surface area contributed by atoms with E-state index in [4.69, 9.17) is 0 Å². The molecule has 25 heavy (non-hydrogen) atoms. The van der Waals surface area contributed by atoms with Crippen molar-refractivity contribution in [2.75, 3.05) is 24.5 Å². The number of hydrogen-bond acceptors (Lipinski definition) is 3. The van der Waals surface area contributed by atoms with E-state index in [0.29, 0.717) is 18.5 Å². The van der Waals surface area contributed by atoms with E-state index in [1.165, 1.54) is 6.08 Å². The van der Waals surface area contributed by atoms with Gasteiger partial charge in [0.2, 0.25) is 5.91 Å². The number of rotatable bonds is 2. The van der Waals surface area contributed by atoms with Gasteiger partial charge in [-0.1, -0.05) is 6.58 Å². The summed E-state index contributed by atoms with van der Waals surface area (Å²) in [6.07, 6.45) is 0.865. The van der Waals surface area contributed by atoms with Gasteiger partial charge in [0, 0.05) is 24.3 Å². The number of anilines is 1. The average Bonchev–Trinajstić information content (AvgIpc) is 2.61. The van der Waals surface area contributed by atoms with Gasteiger partial charge in [0.1, 0.15) is 6.10 Å². The van der Waals surface area contributed by atoms with E-state index in [9.17, 15) is 23.5 Å². The highest BCUT2D eigenvalue weighted by Gasteiger charge is 2.45. The molecule has 0 radical (unpaired) electrons. The molecule has 0 aromatic heterocycles. The molecule has 2 amide bonds. The molecule has 1 aromatic carbocycles. The molecule has 0 bridgehead atoms. The summed E-state index contributed by atoms with van der Waals surface area (Å²) in [5.74, 6) is -3.99. The molecule has 3 rings (SSSR count). The van der Waals surface area contributed by atoms with Gasteiger partial charge in [-0.05, 0) is 49.1 Å². The van der Waals surface area contributed by atoms with Crippen LogP contribution >= 0.6 is 0 Å². The Labute approximate surface area is 144 Å². The molecular weight excluding hydrogens is 330 g/mol. The second-order valence-electron chi connectivity index (χ2n) is 6.43. The molecule has 2 aliphatic rings. The largest absolute Gasteiger partial charge is 0.387 e. The van der Waals surface area contributed by atoms with E-state index < -0.39 is 24.5 Å². The summed E-state index contributed by atoms with van der Waals surface area (Å²) in [7, 11) is 0. The minimum atomic E-state index is -3.30. The summed E-state index contributed by atoms with van der Waals surface area (Å²) >= 11 is 0. The summed E-state index contributed by atoms with van der Waals surface area (Å²) in [4.78, 5) is 27.2. The third-order valence-electron chi connectivity index (χ3n) is 4.73. The molecule has 1 saturated heterocycles. The summed E-state index contributed by atoms with van der Waals surface area (Å²) in [5.41, 5.74) is 1.89. The topological polar surface area (TPSA) is 60.9 Å². The molecule has 0 aliphatic carbocycles. The first-order valence-corrected chi connectivity index (χ1v) is 8.25. The number of piperidine rings is 1. The second kappa shape index (κ2) is 6.55. The number of aryl methyl sites for hydroxylation is 1. The second-order valence-corrected chi connectivity index (χ2v) is 6.43. The predicted molar refractivity (Wildman–Crippen MR) is 88.8 cm³/mol. The minimum Gasteiger partial charge on any atom is -0.387 e. The van der Waals surface area contributed by atoms with Crippen molar-refractivity contribution in [2.45, 2.75) is 31.3 Å². The molecule has 1 fully saturated rings. The van der Waals surface area contributed by atoms with Gasteiger partial charge in [-0.25, -0.2) is 8.78 Å². The van der Waals surface area contributed by atoms with Crippen LogP contribution < -0.4 is 4.90 Å². The maximum Gasteiger partial charge on any atom is 0.290 e. The summed E-state index contributed by atoms with van der Waals surface area (Å²) < 4.78 is 27.4. The number of amides is 2. The van der Waals surface area contributed by atoms with E-state index in [0.717, 1.165) is 22.6 Å². The fourth-order valence-electron chi connectivity index (χ4n) is 3.35. The van der Waals surface area contributed by atoms with Crippen LogP contribution in [0.15, 0.2) is 30.9 Å². The normalized spacial score (nSPS) is 22.3. The van der Waals surface area contributed by atoms with Crippen LogP contribution in [0.4, 0.5) is 14.5 Å². The number of alkyl halides is 2. The van der Waals surface area contributed by atoms with Crippen molar-refractivity contribution < 1.29 is 23.5 Å². The fourth-order valence-corrected chi connectivity index (χ4v) is 3.35. The van der Waals surface area contributed by atoms with E-state index in [-0.39, 0.29) is 18.9 Å². The van der Waals surface area contributed by atoms with Crippen LogP contribution in [0, 0.1) is 0 Å². The van der Waals surface area contributed by atoms with Crippen molar-refractivity contribution in [1.82, 2.24) is 4.90 Å². The van der Waals surface area contributed by atoms with Crippen LogP contribution in [0.1, 0.15) is 28.8 Å². The number of benzene rings is 1. The zero-order chi connectivity index (χ0) is 18.2. The van der Waals surface area contributed by atoms with Crippen molar-refractivity contribution in [3.8, 4) is 0 Å². The Kier molecular flexibility index (Phi) is 4.60. The van der Waals surface area contributed by atoms with Crippen molar-refractivity contribution in [1.29, 1.82) is 0 Å². The maximum absolute atomic E-state index is 13.7. The fraction of sp³-hybridized carbons (Fsp3) is 0.444. The first kappa shape index (κ1) is 17.5. The Balaban J connectivity index is 1.83. The van der Waals surface area contributed by atoms with Gasteiger partial charge in [0.05, 0.1) is 6.54 Å². The first-order chi connectivity index (χ1) is 11.8. The average molecular weight is 350 g/mol. The first-order valence-electron chi connectivity index (χ1n) is 8.25. The van der Waals surface area contributed by atoms with E-state index in [1.807, 2.05) is 0 Å². The smallest absolute Gasteiger partial charge is 0.290 e. The number of aliphatic hydroxyl groups is 1. The molecule has 0 spiro atoms. The summed E-state index contributed by atoms with van der Waals surface area (Å²) in [6, 6.07) is 4.91. The van der Waals surface area contributed by atoms with Crippen molar-refractivity contribution >= 4 is 17.5 Å². The van der Waals surface area contributed by atoms with Crippen LogP contribution in [0.2, 0.25) is 0 Å². The molecule has 1 aromatic rings. The monoisotopic (exact) mass is 350 g/mol. The van der Waals surface area contributed by atoms with Gasteiger partial charge in [0.25, 0.3) is 11.8 Å². The van der Waals surface area contributed by atoms with Gasteiger partial charge in [-0.15, -0.1) is 0 Å². The van der Waals surface area contributed by atoms with E-state index in [1.54, 1.807) is 23.1 Å². The van der Waals surface area contributed by atoms with Crippen LogP contribution in [0.25, 0.3) is 0 Å². The summed E-state index contributed by atoms with van der Waals surface area (Å²) in [6.45, 7) is 3.38. The Morgan fingerprint density at radius 3 is 2.76 bits per heavy atom. The number of hydrogen-bond donors (Lipinski definition) is 1. The highest BCUT2D eigenvalue weighted by atomic mass is 19.3. The lowest BCUT2D eigenvalue weighted by atomic mass is 9.97. The highest BCUT2D eigenvalue weighted by Crippen LogP contribution is 2.31. The van der Waals surface area contributed by atoms with Gasteiger partial charge >= 0.3 is 0 Å². The molecule has 1 atom stereocenters. The van der Waals surface area contributed by atoms with Gasteiger partial charge in [-0.3, -0.25) is 9.59 Å². The maximum atomic E-state index is 13.7. The van der Waals surface area contributed by atoms with Crippen molar-refractivity contribution in [2.24, 2.45) is 0 Å². The standard InChI is InChI=1S/C18H20F2N2O3/c1-2-16(24)22-8-3-4-12-10-13(5-6-14(12)22)17(25)21-9-7-15(23)18(19,20)11-21/h2,5-6,10,15,23H,1,3-4,7-9,11H2. The molecule has 5 nitrogen and oxygen atoms in total. The minimum absolute atomic E-state index is 0.0910. The lowest BCUT2D eigenvalue weighted by molar-refractivity contribution is -0.142. The van der Waals surface area contributed by atoms with Crippen molar-refractivity contribution in [3.05, 3.63) is 42.0 Å². The number of carbonyl (C=O) groups is 2. The van der Waals surface area contributed by atoms with E-state index >= 15 is 0 Å². The molecular formula is C18H20F2N2O3. The van der Waals surface area contributed by atoms with E-state index in [2.05, 4.69) is 6.58 Å². The SMILES string of the molecule is C=CC(=O)N1CCCc2cc(C(=O)N3CCC(O)C(F)(F)C3)ccc21. The summed E-state index contributed by atoms with van der Waals surface area (Å²) in [5, 5.41) is 9.34. The van der Waals surface area contributed by atoms with Crippen LogP contribution in [-0.2, 0) is 11.2 Å². The zero-order valence-corrected chi connectivity index (χ0v) is 13.8. The Morgan fingerprint density at radius 1 is 1.32 bits per heavy atom. The molecule has 0 saturated carbocycles.